The lowest BCUT2D eigenvalue weighted by molar-refractivity contribution is 0.204. The molecular weight excluding hydrogens is 400 g/mol. The average Bonchev–Trinajstić information content (AvgIpc) is 2.83. The Balaban J connectivity index is 3.26. The summed E-state index contributed by atoms with van der Waals surface area (Å²) in [6.45, 7) is 5.01. The molecule has 0 radical (unpaired) electrons. The van der Waals surface area contributed by atoms with Gasteiger partial charge in [0.1, 0.15) is 0 Å². The van der Waals surface area contributed by atoms with Crippen molar-refractivity contribution in [1.29, 1.82) is 0 Å². The molecule has 0 heterocycles. The number of rotatable bonds is 29. The summed E-state index contributed by atoms with van der Waals surface area (Å²) in [5, 5.41) is 9.71. The summed E-state index contributed by atoms with van der Waals surface area (Å²) < 4.78 is 0. The molecule has 0 aliphatic heterocycles. The fourth-order valence-electron chi connectivity index (χ4n) is 5.23. The third-order valence-corrected chi connectivity index (χ3v) is 7.69. The average molecular weight is 467 g/mol. The van der Waals surface area contributed by atoms with Gasteiger partial charge in [-0.25, -0.2) is 0 Å². The normalized spacial score (nSPS) is 12.5. The molecule has 1 N–H and O–H groups in total. The zero-order chi connectivity index (χ0) is 24.1. The highest BCUT2D eigenvalue weighted by atomic mass is 16.3. The summed E-state index contributed by atoms with van der Waals surface area (Å²) in [5.41, 5.74) is 0. The first-order chi connectivity index (χ1) is 16.3. The molecule has 0 aliphatic rings. The van der Waals surface area contributed by atoms with Crippen LogP contribution in [0.3, 0.4) is 0 Å². The fraction of sp³-hybridized carbons (Fsp3) is 1.00. The summed E-state index contributed by atoms with van der Waals surface area (Å²) in [4.78, 5) is 0. The molecule has 0 aromatic heterocycles. The number of hydrogen-bond donors (Lipinski definition) is 1. The second-order valence-corrected chi connectivity index (χ2v) is 11.1. The summed E-state index contributed by atoms with van der Waals surface area (Å²) in [6, 6.07) is 0. The highest BCUT2D eigenvalue weighted by Crippen LogP contribution is 2.20. The Labute approximate surface area is 211 Å². The van der Waals surface area contributed by atoms with Crippen molar-refractivity contribution in [2.75, 3.05) is 6.61 Å². The van der Waals surface area contributed by atoms with E-state index >= 15 is 0 Å². The SMILES string of the molecule is CCCCCCCCCCCCCCCC[C@@H](CO)CCCCCCCCCCCCCC. The van der Waals surface area contributed by atoms with E-state index in [-0.39, 0.29) is 0 Å². The molecule has 0 rings (SSSR count). The van der Waals surface area contributed by atoms with E-state index < -0.39 is 0 Å². The van der Waals surface area contributed by atoms with Gasteiger partial charge in [0.05, 0.1) is 0 Å². The Morgan fingerprint density at radius 2 is 0.545 bits per heavy atom. The molecule has 0 spiro atoms. The predicted molar refractivity (Wildman–Crippen MR) is 151 cm³/mol. The van der Waals surface area contributed by atoms with Gasteiger partial charge in [0.25, 0.3) is 0 Å². The smallest absolute Gasteiger partial charge is 0.0459 e. The maximum absolute atomic E-state index is 9.71. The Morgan fingerprint density at radius 3 is 0.758 bits per heavy atom. The molecule has 0 aromatic carbocycles. The zero-order valence-corrected chi connectivity index (χ0v) is 23.5. The predicted octanol–water partition coefficient (Wildman–Crippen LogP) is 11.6. The number of unbranched alkanes of at least 4 members (excludes halogenated alkanes) is 24. The van der Waals surface area contributed by atoms with E-state index in [1.165, 1.54) is 180 Å². The molecule has 0 amide bonds. The molecule has 0 aliphatic carbocycles. The Hall–Kier alpha value is -0.0400. The van der Waals surface area contributed by atoms with Gasteiger partial charge in [-0.2, -0.15) is 0 Å². The first-order valence-electron chi connectivity index (χ1n) is 16.0. The van der Waals surface area contributed by atoms with Gasteiger partial charge in [-0.1, -0.05) is 181 Å². The van der Waals surface area contributed by atoms with Crippen LogP contribution in [0.1, 0.15) is 194 Å². The molecule has 1 atom stereocenters. The van der Waals surface area contributed by atoms with Gasteiger partial charge in [0, 0.05) is 6.61 Å². The van der Waals surface area contributed by atoms with Crippen molar-refractivity contribution >= 4 is 0 Å². The molecule has 0 bridgehead atoms. The van der Waals surface area contributed by atoms with Crippen molar-refractivity contribution in [3.8, 4) is 0 Å². The molecule has 0 aromatic rings. The molecule has 0 fully saturated rings. The van der Waals surface area contributed by atoms with Crippen molar-refractivity contribution in [2.45, 2.75) is 194 Å². The standard InChI is InChI=1S/C32H66O/c1-3-5-7-9-11-13-15-17-18-20-22-24-26-28-30-32(31-33)29-27-25-23-21-19-16-14-12-10-8-6-4-2/h32-33H,3-31H2,1-2H3/t32-/m0/s1. The van der Waals surface area contributed by atoms with Gasteiger partial charge in [-0.3, -0.25) is 0 Å². The van der Waals surface area contributed by atoms with Crippen LogP contribution >= 0.6 is 0 Å². The van der Waals surface area contributed by atoms with Gasteiger partial charge >= 0.3 is 0 Å². The highest BCUT2D eigenvalue weighted by molar-refractivity contribution is 4.60. The third-order valence-electron chi connectivity index (χ3n) is 7.69. The lowest BCUT2D eigenvalue weighted by atomic mass is 9.94. The first-order valence-corrected chi connectivity index (χ1v) is 16.0. The minimum Gasteiger partial charge on any atom is -0.396 e. The van der Waals surface area contributed by atoms with E-state index in [4.69, 9.17) is 0 Å². The van der Waals surface area contributed by atoms with Crippen molar-refractivity contribution < 1.29 is 5.11 Å². The van der Waals surface area contributed by atoms with Gasteiger partial charge in [0.15, 0.2) is 0 Å². The number of aliphatic hydroxyl groups excluding tert-OH is 1. The van der Waals surface area contributed by atoms with Crippen LogP contribution in [0.4, 0.5) is 0 Å². The van der Waals surface area contributed by atoms with Crippen molar-refractivity contribution in [3.63, 3.8) is 0 Å². The zero-order valence-electron chi connectivity index (χ0n) is 23.5. The molecule has 0 saturated carbocycles. The maximum atomic E-state index is 9.71. The van der Waals surface area contributed by atoms with Crippen LogP contribution in [0.15, 0.2) is 0 Å². The number of aliphatic hydroxyl groups is 1. The van der Waals surface area contributed by atoms with Crippen LogP contribution in [0.2, 0.25) is 0 Å². The van der Waals surface area contributed by atoms with E-state index in [0.29, 0.717) is 12.5 Å². The Bertz CT molecular complexity index is 326. The summed E-state index contributed by atoms with van der Waals surface area (Å²) >= 11 is 0. The molecule has 200 valence electrons. The van der Waals surface area contributed by atoms with E-state index in [9.17, 15) is 5.11 Å². The Morgan fingerprint density at radius 1 is 0.333 bits per heavy atom. The summed E-state index contributed by atoms with van der Waals surface area (Å²) in [7, 11) is 0. The first kappa shape index (κ1) is 33.0. The summed E-state index contributed by atoms with van der Waals surface area (Å²) in [6.07, 6.45) is 39.5. The van der Waals surface area contributed by atoms with Gasteiger partial charge in [-0.05, 0) is 18.8 Å². The largest absolute Gasteiger partial charge is 0.396 e. The fourth-order valence-corrected chi connectivity index (χ4v) is 5.23. The maximum Gasteiger partial charge on any atom is 0.0459 e. The summed E-state index contributed by atoms with van der Waals surface area (Å²) in [5.74, 6) is 0.574. The third kappa shape index (κ3) is 28.1. The van der Waals surface area contributed by atoms with E-state index in [1.54, 1.807) is 0 Å². The molecule has 0 unspecified atom stereocenters. The lowest BCUT2D eigenvalue weighted by Crippen LogP contribution is -2.06. The Kier molecular flexibility index (Phi) is 30.0. The van der Waals surface area contributed by atoms with Gasteiger partial charge in [0.2, 0.25) is 0 Å². The van der Waals surface area contributed by atoms with Crippen LogP contribution in [0.5, 0.6) is 0 Å². The second kappa shape index (κ2) is 30.0. The van der Waals surface area contributed by atoms with Gasteiger partial charge in [-0.15, -0.1) is 0 Å². The highest BCUT2D eigenvalue weighted by Gasteiger charge is 2.07. The minimum absolute atomic E-state index is 0.413. The van der Waals surface area contributed by atoms with E-state index in [2.05, 4.69) is 13.8 Å². The van der Waals surface area contributed by atoms with Crippen molar-refractivity contribution in [1.82, 2.24) is 0 Å². The van der Waals surface area contributed by atoms with Crippen LogP contribution in [0, 0.1) is 5.92 Å². The van der Waals surface area contributed by atoms with Crippen LogP contribution < -0.4 is 0 Å². The van der Waals surface area contributed by atoms with Crippen molar-refractivity contribution in [3.05, 3.63) is 0 Å². The lowest BCUT2D eigenvalue weighted by Gasteiger charge is -2.13. The van der Waals surface area contributed by atoms with Crippen molar-refractivity contribution in [2.24, 2.45) is 5.92 Å². The van der Waals surface area contributed by atoms with E-state index in [1.807, 2.05) is 0 Å². The molecule has 33 heavy (non-hydrogen) atoms. The van der Waals surface area contributed by atoms with Gasteiger partial charge < -0.3 is 5.11 Å². The quantitative estimate of drug-likeness (QED) is 0.109. The molecular formula is C32H66O. The number of hydrogen-bond acceptors (Lipinski definition) is 1. The monoisotopic (exact) mass is 467 g/mol. The minimum atomic E-state index is 0.413. The second-order valence-electron chi connectivity index (χ2n) is 11.1. The molecule has 1 nitrogen and oxygen atoms in total. The topological polar surface area (TPSA) is 20.2 Å². The van der Waals surface area contributed by atoms with Crippen LogP contribution in [0.25, 0.3) is 0 Å². The molecule has 1 heteroatoms. The van der Waals surface area contributed by atoms with Crippen LogP contribution in [-0.4, -0.2) is 11.7 Å². The van der Waals surface area contributed by atoms with E-state index in [0.717, 1.165) is 0 Å². The molecule has 0 saturated heterocycles. The van der Waals surface area contributed by atoms with Crippen LogP contribution in [-0.2, 0) is 0 Å².